The fourth-order valence-corrected chi connectivity index (χ4v) is 3.02. The van der Waals surface area contributed by atoms with E-state index in [4.69, 9.17) is 10.5 Å². The summed E-state index contributed by atoms with van der Waals surface area (Å²) in [7, 11) is 0. The van der Waals surface area contributed by atoms with Gasteiger partial charge < -0.3 is 15.8 Å². The van der Waals surface area contributed by atoms with Crippen molar-refractivity contribution in [2.75, 3.05) is 11.9 Å². The zero-order valence-electron chi connectivity index (χ0n) is 11.7. The maximum Gasteiger partial charge on any atom is 0.227 e. The van der Waals surface area contributed by atoms with E-state index in [0.29, 0.717) is 6.54 Å². The minimum absolute atomic E-state index is 0.00765. The van der Waals surface area contributed by atoms with Crippen molar-refractivity contribution >= 4 is 11.6 Å². The second-order valence-corrected chi connectivity index (χ2v) is 6.06. The number of amides is 1. The Hall–Kier alpha value is -1.55. The van der Waals surface area contributed by atoms with E-state index in [1.807, 2.05) is 20.8 Å². The molecular weight excluding hydrogens is 240 g/mol. The van der Waals surface area contributed by atoms with Gasteiger partial charge in [0.05, 0.1) is 5.69 Å². The molecule has 0 aliphatic carbocycles. The predicted molar refractivity (Wildman–Crippen MR) is 74.5 cm³/mol. The zero-order chi connectivity index (χ0) is 13.8. The normalized spacial score (nSPS) is 28.4. The van der Waals surface area contributed by atoms with Crippen LogP contribution in [0, 0.1) is 12.8 Å². The van der Waals surface area contributed by atoms with Crippen LogP contribution >= 0.6 is 0 Å². The van der Waals surface area contributed by atoms with Gasteiger partial charge in [-0.05, 0) is 31.4 Å². The standard InChI is InChI=1S/C15H20N2O2/c1-8-4-10-6-15(3,7-16)19-13(10)11-5-9(2)14(18)17-12(8)11/h4,9H,5-7,16H2,1-3H3,(H,17,18). The molecule has 0 saturated heterocycles. The van der Waals surface area contributed by atoms with Crippen LogP contribution in [0.5, 0.6) is 5.75 Å². The lowest BCUT2D eigenvalue weighted by atomic mass is 9.89. The average Bonchev–Trinajstić information content (AvgIpc) is 2.70. The van der Waals surface area contributed by atoms with Crippen molar-refractivity contribution in [3.05, 3.63) is 22.8 Å². The molecule has 2 unspecified atom stereocenters. The van der Waals surface area contributed by atoms with Crippen LogP contribution in [-0.2, 0) is 17.6 Å². The van der Waals surface area contributed by atoms with E-state index >= 15 is 0 Å². The molecule has 0 aromatic heterocycles. The molecule has 4 nitrogen and oxygen atoms in total. The lowest BCUT2D eigenvalue weighted by molar-refractivity contribution is -0.119. The molecule has 3 N–H and O–H groups in total. The summed E-state index contributed by atoms with van der Waals surface area (Å²) >= 11 is 0. The first-order chi connectivity index (χ1) is 8.93. The highest BCUT2D eigenvalue weighted by Crippen LogP contribution is 2.44. The molecule has 1 aromatic rings. The monoisotopic (exact) mass is 260 g/mol. The Balaban J connectivity index is 2.12. The molecule has 0 bridgehead atoms. The summed E-state index contributed by atoms with van der Waals surface area (Å²) in [5, 5.41) is 3.00. The Bertz CT molecular complexity index is 568. The largest absolute Gasteiger partial charge is 0.485 e. The molecule has 2 aliphatic heterocycles. The SMILES string of the molecule is Cc1cc2c(c3c1NC(=O)C(C)C3)OC(C)(CN)C2. The zero-order valence-corrected chi connectivity index (χ0v) is 11.7. The number of nitrogens with two attached hydrogens (primary N) is 1. The van der Waals surface area contributed by atoms with Gasteiger partial charge in [0.1, 0.15) is 11.4 Å². The molecule has 2 aliphatic rings. The van der Waals surface area contributed by atoms with Gasteiger partial charge in [0.15, 0.2) is 0 Å². The van der Waals surface area contributed by atoms with E-state index in [2.05, 4.69) is 11.4 Å². The van der Waals surface area contributed by atoms with Crippen molar-refractivity contribution in [2.24, 2.45) is 11.7 Å². The van der Waals surface area contributed by atoms with E-state index < -0.39 is 0 Å². The molecule has 3 rings (SSSR count). The highest BCUT2D eigenvalue weighted by molar-refractivity contribution is 5.97. The van der Waals surface area contributed by atoms with Gasteiger partial charge >= 0.3 is 0 Å². The first-order valence-corrected chi connectivity index (χ1v) is 6.79. The number of carbonyl (C=O) groups excluding carboxylic acids is 1. The molecule has 19 heavy (non-hydrogen) atoms. The van der Waals surface area contributed by atoms with Crippen molar-refractivity contribution in [3.63, 3.8) is 0 Å². The Kier molecular flexibility index (Phi) is 2.61. The Labute approximate surface area is 113 Å². The molecule has 2 atom stereocenters. The van der Waals surface area contributed by atoms with Crippen LogP contribution in [-0.4, -0.2) is 18.1 Å². The molecule has 1 aromatic carbocycles. The van der Waals surface area contributed by atoms with Crippen molar-refractivity contribution in [2.45, 2.75) is 39.2 Å². The fraction of sp³-hybridized carbons (Fsp3) is 0.533. The molecule has 0 spiro atoms. The maximum atomic E-state index is 11.8. The van der Waals surface area contributed by atoms with E-state index in [9.17, 15) is 4.79 Å². The number of nitrogens with one attached hydrogen (secondary N) is 1. The second kappa shape index (κ2) is 3.97. The van der Waals surface area contributed by atoms with Crippen LogP contribution in [0.3, 0.4) is 0 Å². The summed E-state index contributed by atoms with van der Waals surface area (Å²) < 4.78 is 6.10. The van der Waals surface area contributed by atoms with Gasteiger partial charge in [-0.1, -0.05) is 13.0 Å². The van der Waals surface area contributed by atoms with Crippen molar-refractivity contribution in [1.82, 2.24) is 0 Å². The minimum atomic E-state index is -0.311. The van der Waals surface area contributed by atoms with Gasteiger partial charge in [0.25, 0.3) is 0 Å². The number of benzene rings is 1. The number of rotatable bonds is 1. The average molecular weight is 260 g/mol. The molecule has 0 radical (unpaired) electrons. The third-order valence-corrected chi connectivity index (χ3v) is 4.20. The highest BCUT2D eigenvalue weighted by atomic mass is 16.5. The Morgan fingerprint density at radius 3 is 3.00 bits per heavy atom. The van der Waals surface area contributed by atoms with Crippen LogP contribution in [0.25, 0.3) is 0 Å². The lowest BCUT2D eigenvalue weighted by Crippen LogP contribution is -2.39. The lowest BCUT2D eigenvalue weighted by Gasteiger charge is -2.27. The maximum absolute atomic E-state index is 11.8. The number of ether oxygens (including phenoxy) is 1. The first-order valence-electron chi connectivity index (χ1n) is 6.79. The number of fused-ring (bicyclic) bond motifs is 3. The smallest absolute Gasteiger partial charge is 0.227 e. The van der Waals surface area contributed by atoms with Gasteiger partial charge in [-0.25, -0.2) is 0 Å². The quantitative estimate of drug-likeness (QED) is 0.809. The molecule has 4 heteroatoms. The van der Waals surface area contributed by atoms with E-state index in [1.165, 1.54) is 5.56 Å². The summed E-state index contributed by atoms with van der Waals surface area (Å²) in [6, 6.07) is 2.12. The van der Waals surface area contributed by atoms with Crippen LogP contribution in [0.15, 0.2) is 6.07 Å². The molecule has 0 fully saturated rings. The van der Waals surface area contributed by atoms with Crippen LogP contribution in [0.1, 0.15) is 30.5 Å². The molecular formula is C15H20N2O2. The van der Waals surface area contributed by atoms with E-state index in [1.54, 1.807) is 0 Å². The summed E-state index contributed by atoms with van der Waals surface area (Å²) in [4.78, 5) is 11.8. The molecule has 2 heterocycles. The topological polar surface area (TPSA) is 64.3 Å². The summed E-state index contributed by atoms with van der Waals surface area (Å²) in [5.74, 6) is 1.03. The van der Waals surface area contributed by atoms with Crippen LogP contribution in [0.4, 0.5) is 5.69 Å². The molecule has 0 saturated carbocycles. The summed E-state index contributed by atoms with van der Waals surface area (Å²) in [6.07, 6.45) is 1.58. The van der Waals surface area contributed by atoms with Gasteiger partial charge in [-0.3, -0.25) is 4.79 Å². The van der Waals surface area contributed by atoms with E-state index in [-0.39, 0.29) is 17.4 Å². The molecule has 102 valence electrons. The Morgan fingerprint density at radius 1 is 1.58 bits per heavy atom. The number of carbonyl (C=O) groups is 1. The number of hydrogen-bond acceptors (Lipinski definition) is 3. The van der Waals surface area contributed by atoms with Gasteiger partial charge in [0.2, 0.25) is 5.91 Å². The van der Waals surface area contributed by atoms with Crippen molar-refractivity contribution in [3.8, 4) is 5.75 Å². The van der Waals surface area contributed by atoms with Crippen molar-refractivity contribution in [1.29, 1.82) is 0 Å². The van der Waals surface area contributed by atoms with Crippen LogP contribution < -0.4 is 15.8 Å². The fourth-order valence-electron chi connectivity index (χ4n) is 3.02. The minimum Gasteiger partial charge on any atom is -0.485 e. The van der Waals surface area contributed by atoms with E-state index in [0.717, 1.165) is 35.4 Å². The highest BCUT2D eigenvalue weighted by Gasteiger charge is 2.38. The molecule has 1 amide bonds. The first kappa shape index (κ1) is 12.5. The Morgan fingerprint density at radius 2 is 2.32 bits per heavy atom. The predicted octanol–water partition coefficient (Wildman–Crippen LogP) is 1.78. The third kappa shape index (κ3) is 1.82. The third-order valence-electron chi connectivity index (χ3n) is 4.20. The number of anilines is 1. The number of aryl methyl sites for hydroxylation is 1. The van der Waals surface area contributed by atoms with Crippen molar-refractivity contribution < 1.29 is 9.53 Å². The van der Waals surface area contributed by atoms with Crippen LogP contribution in [0.2, 0.25) is 0 Å². The summed E-state index contributed by atoms with van der Waals surface area (Å²) in [6.45, 7) is 6.52. The van der Waals surface area contributed by atoms with Gasteiger partial charge in [0, 0.05) is 24.4 Å². The summed E-state index contributed by atoms with van der Waals surface area (Å²) in [5.41, 5.74) is 9.90. The van der Waals surface area contributed by atoms with Gasteiger partial charge in [-0.2, -0.15) is 0 Å². The second-order valence-electron chi connectivity index (χ2n) is 6.06. The van der Waals surface area contributed by atoms with Gasteiger partial charge in [-0.15, -0.1) is 0 Å². The number of hydrogen-bond donors (Lipinski definition) is 2.